The summed E-state index contributed by atoms with van der Waals surface area (Å²) in [6.45, 7) is 4.40. The normalized spacial score (nSPS) is 12.6. The molecule has 0 unspecified atom stereocenters. The third-order valence-corrected chi connectivity index (χ3v) is 7.51. The van der Waals surface area contributed by atoms with Crippen molar-refractivity contribution in [2.75, 3.05) is 18.5 Å². The van der Waals surface area contributed by atoms with Crippen LogP contribution in [0.1, 0.15) is 26.7 Å². The van der Waals surface area contributed by atoms with E-state index in [1.807, 2.05) is 20.1 Å². The lowest BCUT2D eigenvalue weighted by molar-refractivity contribution is 0.522. The summed E-state index contributed by atoms with van der Waals surface area (Å²) in [6.07, 6.45) is 3.69. The van der Waals surface area contributed by atoms with E-state index in [2.05, 4.69) is 4.72 Å². The number of anilines is 1. The molecule has 0 aliphatic heterocycles. The minimum absolute atomic E-state index is 0.0234. The zero-order valence-corrected chi connectivity index (χ0v) is 15.4. The molecule has 0 fully saturated rings. The van der Waals surface area contributed by atoms with Crippen molar-refractivity contribution < 1.29 is 8.42 Å². The van der Waals surface area contributed by atoms with E-state index in [9.17, 15) is 8.42 Å². The summed E-state index contributed by atoms with van der Waals surface area (Å²) in [7, 11) is -3.78. The quantitative estimate of drug-likeness (QED) is 0.716. The molecule has 0 radical (unpaired) electrons. The molecule has 0 saturated carbocycles. The van der Waals surface area contributed by atoms with Gasteiger partial charge in [0.1, 0.15) is 4.90 Å². The first kappa shape index (κ1) is 18.9. The summed E-state index contributed by atoms with van der Waals surface area (Å²) in [5.41, 5.74) is 5.92. The van der Waals surface area contributed by atoms with E-state index < -0.39 is 10.0 Å². The maximum absolute atomic E-state index is 12.4. The highest BCUT2D eigenvalue weighted by Crippen LogP contribution is 2.33. The summed E-state index contributed by atoms with van der Waals surface area (Å²) < 4.78 is 27.4. The Morgan fingerprint density at radius 3 is 2.10 bits per heavy atom. The van der Waals surface area contributed by atoms with E-state index in [4.69, 9.17) is 28.9 Å². The first-order valence-corrected chi connectivity index (χ1v) is 9.97. The number of hydrogen-bond acceptors (Lipinski definition) is 4. The Labute approximate surface area is 140 Å². The Hall–Kier alpha value is -0.140. The summed E-state index contributed by atoms with van der Waals surface area (Å²) in [6, 6.07) is 2.76. The Kier molecular flexibility index (Phi) is 6.68. The first-order chi connectivity index (χ1) is 9.71. The van der Waals surface area contributed by atoms with E-state index in [0.717, 1.165) is 12.8 Å². The van der Waals surface area contributed by atoms with Crippen molar-refractivity contribution in [3.8, 4) is 0 Å². The standard InChI is InChI=1S/C13H20Cl2N2O2S2/c1-4-13(5-2,20-3)8-17-21(18,19)12-10(14)6-9(16)7-11(12)15/h6-7,17H,4-5,8,16H2,1-3H3. The minimum Gasteiger partial charge on any atom is -0.399 e. The molecule has 3 N–H and O–H groups in total. The molecule has 0 aromatic heterocycles. The second-order valence-electron chi connectivity index (χ2n) is 4.73. The third-order valence-electron chi connectivity index (χ3n) is 3.60. The monoisotopic (exact) mass is 370 g/mol. The number of nitrogens with two attached hydrogens (primary N) is 1. The second kappa shape index (κ2) is 7.42. The van der Waals surface area contributed by atoms with Gasteiger partial charge in [-0.2, -0.15) is 11.8 Å². The van der Waals surface area contributed by atoms with E-state index >= 15 is 0 Å². The highest BCUT2D eigenvalue weighted by Gasteiger charge is 2.29. The van der Waals surface area contributed by atoms with Gasteiger partial charge in [0, 0.05) is 17.0 Å². The van der Waals surface area contributed by atoms with Gasteiger partial charge in [-0.3, -0.25) is 0 Å². The fraction of sp³-hybridized carbons (Fsp3) is 0.538. The van der Waals surface area contributed by atoms with Gasteiger partial charge < -0.3 is 5.73 Å². The van der Waals surface area contributed by atoms with Gasteiger partial charge in [0.2, 0.25) is 10.0 Å². The number of benzene rings is 1. The van der Waals surface area contributed by atoms with Crippen LogP contribution in [0.25, 0.3) is 0 Å². The van der Waals surface area contributed by atoms with Crippen LogP contribution in [0.15, 0.2) is 17.0 Å². The van der Waals surface area contributed by atoms with Crippen LogP contribution in [0.2, 0.25) is 10.0 Å². The van der Waals surface area contributed by atoms with Crippen molar-refractivity contribution in [2.45, 2.75) is 36.3 Å². The van der Waals surface area contributed by atoms with E-state index in [1.54, 1.807) is 11.8 Å². The largest absolute Gasteiger partial charge is 0.399 e. The summed E-state index contributed by atoms with van der Waals surface area (Å²) >= 11 is 13.6. The number of thioether (sulfide) groups is 1. The lowest BCUT2D eigenvalue weighted by Gasteiger charge is -2.29. The van der Waals surface area contributed by atoms with Crippen molar-refractivity contribution in [3.05, 3.63) is 22.2 Å². The van der Waals surface area contributed by atoms with Crippen LogP contribution >= 0.6 is 35.0 Å². The number of nitrogen functional groups attached to an aromatic ring is 1. The van der Waals surface area contributed by atoms with Gasteiger partial charge in [0.25, 0.3) is 0 Å². The molecule has 0 aliphatic rings. The molecule has 1 aromatic rings. The van der Waals surface area contributed by atoms with Gasteiger partial charge in [-0.25, -0.2) is 13.1 Å². The first-order valence-electron chi connectivity index (χ1n) is 6.50. The Morgan fingerprint density at radius 2 is 1.71 bits per heavy atom. The van der Waals surface area contributed by atoms with Crippen molar-refractivity contribution in [2.24, 2.45) is 0 Å². The topological polar surface area (TPSA) is 72.2 Å². The van der Waals surface area contributed by atoms with Crippen molar-refractivity contribution in [1.29, 1.82) is 0 Å². The lowest BCUT2D eigenvalue weighted by Crippen LogP contribution is -2.39. The summed E-state index contributed by atoms with van der Waals surface area (Å²) in [5, 5.41) is 0.0468. The molecular formula is C13H20Cl2N2O2S2. The maximum atomic E-state index is 12.4. The molecule has 0 amide bonds. The van der Waals surface area contributed by atoms with Crippen molar-refractivity contribution in [3.63, 3.8) is 0 Å². The summed E-state index contributed by atoms with van der Waals surface area (Å²) in [5.74, 6) is 0. The predicted octanol–water partition coefficient (Wildman–Crippen LogP) is 3.78. The highest BCUT2D eigenvalue weighted by molar-refractivity contribution is 8.00. The molecule has 0 saturated heterocycles. The Morgan fingerprint density at radius 1 is 1.24 bits per heavy atom. The smallest absolute Gasteiger partial charge is 0.243 e. The molecule has 1 aromatic carbocycles. The van der Waals surface area contributed by atoms with E-state index in [-0.39, 0.29) is 19.7 Å². The molecule has 4 nitrogen and oxygen atoms in total. The van der Waals surface area contributed by atoms with Crippen LogP contribution in [0.5, 0.6) is 0 Å². The van der Waals surface area contributed by atoms with Crippen LogP contribution in [0, 0.1) is 0 Å². The fourth-order valence-electron chi connectivity index (χ4n) is 2.00. The van der Waals surface area contributed by atoms with E-state index in [1.165, 1.54) is 12.1 Å². The van der Waals surface area contributed by atoms with Gasteiger partial charge in [-0.15, -0.1) is 0 Å². The molecule has 0 aliphatic carbocycles. The third kappa shape index (κ3) is 4.42. The van der Waals surface area contributed by atoms with Crippen LogP contribution in [0.3, 0.4) is 0 Å². The number of halogens is 2. The lowest BCUT2D eigenvalue weighted by atomic mass is 10.0. The molecule has 21 heavy (non-hydrogen) atoms. The Bertz CT molecular complexity index is 571. The molecular weight excluding hydrogens is 351 g/mol. The fourth-order valence-corrected chi connectivity index (χ4v) is 5.24. The average molecular weight is 371 g/mol. The molecule has 120 valence electrons. The van der Waals surface area contributed by atoms with E-state index in [0.29, 0.717) is 12.2 Å². The van der Waals surface area contributed by atoms with Gasteiger partial charge in [-0.1, -0.05) is 37.0 Å². The minimum atomic E-state index is -3.78. The zero-order valence-electron chi connectivity index (χ0n) is 12.2. The SMILES string of the molecule is CCC(CC)(CNS(=O)(=O)c1c(Cl)cc(N)cc1Cl)SC. The number of hydrogen-bond donors (Lipinski definition) is 2. The van der Waals surface area contributed by atoms with Crippen LogP contribution in [-0.4, -0.2) is 26.0 Å². The van der Waals surface area contributed by atoms with Gasteiger partial charge >= 0.3 is 0 Å². The van der Waals surface area contributed by atoms with Crippen molar-refractivity contribution >= 4 is 50.7 Å². The van der Waals surface area contributed by atoms with Gasteiger partial charge in [0.15, 0.2) is 0 Å². The molecule has 0 heterocycles. The number of nitrogens with one attached hydrogen (secondary N) is 1. The molecule has 8 heteroatoms. The van der Waals surface area contributed by atoms with Gasteiger partial charge in [0.05, 0.1) is 10.0 Å². The molecule has 1 rings (SSSR count). The number of rotatable bonds is 7. The molecule has 0 atom stereocenters. The zero-order chi connectivity index (χ0) is 16.3. The number of sulfonamides is 1. The van der Waals surface area contributed by atoms with Crippen LogP contribution < -0.4 is 10.5 Å². The Balaban J connectivity index is 3.09. The van der Waals surface area contributed by atoms with Gasteiger partial charge in [-0.05, 0) is 31.2 Å². The second-order valence-corrected chi connectivity index (χ2v) is 8.52. The highest BCUT2D eigenvalue weighted by atomic mass is 35.5. The molecule has 0 bridgehead atoms. The van der Waals surface area contributed by atoms with Crippen LogP contribution in [-0.2, 0) is 10.0 Å². The van der Waals surface area contributed by atoms with Crippen molar-refractivity contribution in [1.82, 2.24) is 4.72 Å². The predicted molar refractivity (Wildman–Crippen MR) is 92.9 cm³/mol. The maximum Gasteiger partial charge on any atom is 0.243 e. The van der Waals surface area contributed by atoms with Crippen LogP contribution in [0.4, 0.5) is 5.69 Å². The molecule has 0 spiro atoms. The summed E-state index contributed by atoms with van der Waals surface area (Å²) in [4.78, 5) is -0.123. The average Bonchev–Trinajstić information content (AvgIpc) is 2.39.